The first kappa shape index (κ1) is 16.7. The molecular weight excluding hydrogens is 341 g/mol. The van der Waals surface area contributed by atoms with Gasteiger partial charge in [0, 0.05) is 0 Å². The summed E-state index contributed by atoms with van der Waals surface area (Å²) in [5.41, 5.74) is 7.23. The fraction of sp³-hybridized carbons (Fsp3) is 0.333. The topological polar surface area (TPSA) is 0 Å². The molecule has 0 saturated carbocycles. The van der Waals surface area contributed by atoms with Crippen molar-refractivity contribution in [1.29, 1.82) is 0 Å². The van der Waals surface area contributed by atoms with Crippen LogP contribution in [0.1, 0.15) is 33.4 Å². The predicted molar refractivity (Wildman–Crippen MR) is 95.8 cm³/mol. The number of hydrogen-bond acceptors (Lipinski definition) is 0. The van der Waals surface area contributed by atoms with Gasteiger partial charge in [-0.3, -0.25) is 0 Å². The Bertz CT molecular complexity index is 633. The predicted octanol–water partition coefficient (Wildman–Crippen LogP) is 4.21. The van der Waals surface area contributed by atoms with E-state index in [-0.39, 0.29) is 0 Å². The van der Waals surface area contributed by atoms with Crippen LogP contribution in [0, 0.1) is 41.5 Å². The first-order valence-corrected chi connectivity index (χ1v) is 12.6. The molecule has 0 bridgehead atoms. The van der Waals surface area contributed by atoms with Crippen molar-refractivity contribution in [2.75, 3.05) is 0 Å². The number of aryl methyl sites for hydroxylation is 6. The SMILES string of the molecule is Cc1cc(C)c(P[As](F)c2c(C)cc(C)cc2C)c(C)c1. The summed E-state index contributed by atoms with van der Waals surface area (Å²) in [7, 11) is 0.318. The van der Waals surface area contributed by atoms with Gasteiger partial charge in [0.15, 0.2) is 0 Å². The van der Waals surface area contributed by atoms with E-state index in [0.717, 1.165) is 15.5 Å². The standard InChI is InChI=1S/C18H23AsFP/c1-11-7-13(3)17(14(4)8-11)19(20)21-18-15(5)9-12(2)10-16(18)6/h7-10,21H,1-6H3. The van der Waals surface area contributed by atoms with Crippen LogP contribution in [-0.2, 0) is 0 Å². The molecule has 2 rings (SSSR count). The van der Waals surface area contributed by atoms with E-state index in [1.54, 1.807) is 0 Å². The summed E-state index contributed by atoms with van der Waals surface area (Å²) in [4.78, 5) is 0. The molecule has 0 radical (unpaired) electrons. The van der Waals surface area contributed by atoms with Crippen LogP contribution in [0.4, 0.5) is 3.47 Å². The van der Waals surface area contributed by atoms with Crippen LogP contribution in [0.2, 0.25) is 0 Å². The second kappa shape index (κ2) is 6.63. The average molecular weight is 364 g/mol. The summed E-state index contributed by atoms with van der Waals surface area (Å²) in [5.74, 6) is 0. The van der Waals surface area contributed by atoms with Crippen molar-refractivity contribution < 1.29 is 3.47 Å². The molecule has 3 heteroatoms. The maximum absolute atomic E-state index is 15.1. The number of halogens is 1. The Morgan fingerprint density at radius 1 is 0.714 bits per heavy atom. The van der Waals surface area contributed by atoms with Crippen LogP contribution in [0.15, 0.2) is 24.3 Å². The normalized spacial score (nSPS) is 13.1. The van der Waals surface area contributed by atoms with E-state index in [0.29, 0.717) is 7.14 Å². The molecule has 0 aliphatic rings. The maximum atomic E-state index is 15.1. The molecule has 0 aliphatic carbocycles. The number of hydrogen-bond donors (Lipinski definition) is 0. The minimum absolute atomic E-state index is 0.318. The molecular formula is C18H23AsFP. The van der Waals surface area contributed by atoms with E-state index in [1.807, 2.05) is 0 Å². The Balaban J connectivity index is 2.37. The molecule has 0 spiro atoms. The van der Waals surface area contributed by atoms with E-state index >= 15 is 3.47 Å². The van der Waals surface area contributed by atoms with Crippen LogP contribution >= 0.6 is 7.14 Å². The van der Waals surface area contributed by atoms with E-state index < -0.39 is 14.7 Å². The summed E-state index contributed by atoms with van der Waals surface area (Å²) in [6, 6.07) is 8.57. The van der Waals surface area contributed by atoms with Crippen molar-refractivity contribution in [2.45, 2.75) is 41.5 Å². The van der Waals surface area contributed by atoms with E-state index in [1.165, 1.54) is 27.6 Å². The van der Waals surface area contributed by atoms with Crippen molar-refractivity contribution in [3.05, 3.63) is 57.6 Å². The zero-order valence-corrected chi connectivity index (χ0v) is 16.5. The molecule has 2 aromatic carbocycles. The van der Waals surface area contributed by atoms with Gasteiger partial charge in [-0.25, -0.2) is 0 Å². The monoisotopic (exact) mass is 364 g/mol. The first-order chi connectivity index (χ1) is 9.79. The zero-order chi connectivity index (χ0) is 15.7. The third-order valence-electron chi connectivity index (χ3n) is 3.72. The third-order valence-corrected chi connectivity index (χ3v) is 11.0. The van der Waals surface area contributed by atoms with E-state index in [2.05, 4.69) is 65.8 Å². The Morgan fingerprint density at radius 2 is 1.10 bits per heavy atom. The summed E-state index contributed by atoms with van der Waals surface area (Å²) in [5, 5.41) is 1.24. The van der Waals surface area contributed by atoms with Crippen LogP contribution in [0.25, 0.3) is 0 Å². The van der Waals surface area contributed by atoms with Crippen LogP contribution in [-0.4, -0.2) is 14.7 Å². The molecule has 0 aliphatic heterocycles. The molecule has 2 unspecified atom stereocenters. The van der Waals surface area contributed by atoms with Gasteiger partial charge in [-0.2, -0.15) is 0 Å². The van der Waals surface area contributed by atoms with Gasteiger partial charge in [-0.1, -0.05) is 0 Å². The summed E-state index contributed by atoms with van der Waals surface area (Å²) in [6.45, 7) is 12.5. The van der Waals surface area contributed by atoms with Gasteiger partial charge in [0.1, 0.15) is 0 Å². The molecule has 0 fully saturated rings. The van der Waals surface area contributed by atoms with Crippen LogP contribution in [0.3, 0.4) is 0 Å². The fourth-order valence-electron chi connectivity index (χ4n) is 2.99. The molecule has 0 N–H and O–H groups in total. The van der Waals surface area contributed by atoms with Crippen LogP contribution < -0.4 is 9.66 Å². The van der Waals surface area contributed by atoms with Gasteiger partial charge in [0.2, 0.25) is 0 Å². The van der Waals surface area contributed by atoms with Crippen molar-refractivity contribution in [1.82, 2.24) is 0 Å². The second-order valence-electron chi connectivity index (χ2n) is 5.91. The second-order valence-corrected chi connectivity index (χ2v) is 12.2. The van der Waals surface area contributed by atoms with Gasteiger partial charge in [-0.15, -0.1) is 0 Å². The quantitative estimate of drug-likeness (QED) is 0.566. The van der Waals surface area contributed by atoms with Crippen molar-refractivity contribution in [2.24, 2.45) is 0 Å². The average Bonchev–Trinajstić information content (AvgIpc) is 2.32. The number of rotatable bonds is 3. The fourth-order valence-corrected chi connectivity index (χ4v) is 11.4. The van der Waals surface area contributed by atoms with Gasteiger partial charge in [0.05, 0.1) is 0 Å². The van der Waals surface area contributed by atoms with Crippen molar-refractivity contribution in [3.8, 4) is 0 Å². The Hall–Kier alpha value is -0.642. The number of benzene rings is 2. The summed E-state index contributed by atoms with van der Waals surface area (Å²) < 4.78 is 16.1. The Labute approximate surface area is 134 Å². The van der Waals surface area contributed by atoms with Gasteiger partial charge < -0.3 is 0 Å². The zero-order valence-electron chi connectivity index (χ0n) is 13.6. The molecule has 0 nitrogen and oxygen atoms in total. The molecule has 0 aromatic heterocycles. The molecule has 112 valence electrons. The Kier molecular flexibility index (Phi) is 5.28. The van der Waals surface area contributed by atoms with Crippen LogP contribution in [0.5, 0.6) is 0 Å². The molecule has 2 aromatic rings. The Morgan fingerprint density at radius 3 is 1.52 bits per heavy atom. The molecule has 0 saturated heterocycles. The molecule has 21 heavy (non-hydrogen) atoms. The van der Waals surface area contributed by atoms with Gasteiger partial charge in [0.25, 0.3) is 0 Å². The van der Waals surface area contributed by atoms with Gasteiger partial charge >= 0.3 is 134 Å². The molecule has 0 amide bonds. The summed E-state index contributed by atoms with van der Waals surface area (Å²) >= 11 is -2.51. The van der Waals surface area contributed by atoms with Crippen molar-refractivity contribution >= 4 is 31.5 Å². The minimum atomic E-state index is -2.51. The molecule has 0 heterocycles. The van der Waals surface area contributed by atoms with E-state index in [9.17, 15) is 0 Å². The van der Waals surface area contributed by atoms with E-state index in [4.69, 9.17) is 0 Å². The molecule has 2 atom stereocenters. The third kappa shape index (κ3) is 3.77. The first-order valence-electron chi connectivity index (χ1n) is 7.18. The van der Waals surface area contributed by atoms with Gasteiger partial charge in [-0.05, 0) is 0 Å². The summed E-state index contributed by atoms with van der Waals surface area (Å²) in [6.07, 6.45) is 0. The van der Waals surface area contributed by atoms with Crippen molar-refractivity contribution in [3.63, 3.8) is 0 Å².